The Morgan fingerprint density at radius 1 is 0.968 bits per heavy atom. The first kappa shape index (κ1) is 28.5. The average molecular weight is 524 g/mol. The monoisotopic (exact) mass is 522 g/mol. The number of benzene rings is 1. The maximum Gasteiger partial charge on any atom is 0.416 e. The second-order valence-electron chi connectivity index (χ2n) is 7.46. The van der Waals surface area contributed by atoms with Crippen molar-refractivity contribution >= 4 is 58.0 Å². The molecule has 0 fully saturated rings. The predicted octanol–water partition coefficient (Wildman–Crippen LogP) is 8.50. The molecule has 3 nitrogen and oxygen atoms in total. The average Bonchev–Trinajstić information content (AvgIpc) is 2.66. The van der Waals surface area contributed by atoms with Crippen LogP contribution in [0, 0.1) is 0 Å². The molecule has 2 N–H and O–H groups in total. The van der Waals surface area contributed by atoms with Gasteiger partial charge in [0.1, 0.15) is 6.17 Å². The zero-order valence-electron chi connectivity index (χ0n) is 17.4. The third-order valence-corrected chi connectivity index (χ3v) is 5.70. The first-order valence-corrected chi connectivity index (χ1v) is 12.0. The second kappa shape index (κ2) is 13.9. The van der Waals surface area contributed by atoms with E-state index in [1.165, 1.54) is 32.1 Å². The van der Waals surface area contributed by atoms with Crippen LogP contribution in [-0.4, -0.2) is 15.9 Å². The molecule has 0 unspecified atom stereocenters. The Morgan fingerprint density at radius 3 is 2.00 bits per heavy atom. The molecule has 1 amide bonds. The van der Waals surface area contributed by atoms with Gasteiger partial charge in [-0.25, -0.2) is 0 Å². The zero-order chi connectivity index (χ0) is 23.5. The van der Waals surface area contributed by atoms with Gasteiger partial charge >= 0.3 is 6.18 Å². The lowest BCUT2D eigenvalue weighted by Crippen LogP contribution is -2.49. The largest absolute Gasteiger partial charge is 0.416 e. The summed E-state index contributed by atoms with van der Waals surface area (Å²) in [4.78, 5) is 12.3. The van der Waals surface area contributed by atoms with Crippen LogP contribution in [0.4, 0.5) is 18.9 Å². The molecule has 1 aromatic carbocycles. The molecule has 31 heavy (non-hydrogen) atoms. The first-order chi connectivity index (χ1) is 14.4. The molecule has 0 aliphatic rings. The summed E-state index contributed by atoms with van der Waals surface area (Å²) in [6.07, 6.45) is 4.63. The standard InChI is InChI=1S/C21H29Cl4F3N2O/c1-2-3-4-5-6-7-8-9-10-11-18(31)30-19(20(23,24)25)29-17-13-12-15(14-16(17)22)21(26,27)28/h12-14,19,29H,2-11H2,1H3,(H,30,31)/t19-/m1/s1. The number of halogens is 7. The Balaban J connectivity index is 2.50. The summed E-state index contributed by atoms with van der Waals surface area (Å²) in [5.74, 6) is -0.324. The minimum Gasteiger partial charge on any atom is -0.361 e. The van der Waals surface area contributed by atoms with E-state index in [4.69, 9.17) is 46.4 Å². The zero-order valence-corrected chi connectivity index (χ0v) is 20.5. The maximum absolute atomic E-state index is 12.8. The minimum absolute atomic E-state index is 0.106. The molecule has 1 atom stereocenters. The van der Waals surface area contributed by atoms with Crippen molar-refractivity contribution in [3.63, 3.8) is 0 Å². The number of nitrogens with one attached hydrogen (secondary N) is 2. The molecule has 178 valence electrons. The first-order valence-electron chi connectivity index (χ1n) is 10.4. The number of alkyl halides is 6. The van der Waals surface area contributed by atoms with Gasteiger partial charge in [-0.1, -0.05) is 105 Å². The smallest absolute Gasteiger partial charge is 0.361 e. The SMILES string of the molecule is CCCCCCCCCCCC(=O)N[C@@H](Nc1ccc(C(F)(F)F)cc1Cl)C(Cl)(Cl)Cl. The maximum atomic E-state index is 12.8. The van der Waals surface area contributed by atoms with Crippen LogP contribution in [0.2, 0.25) is 5.02 Å². The highest BCUT2D eigenvalue weighted by Crippen LogP contribution is 2.36. The fourth-order valence-electron chi connectivity index (χ4n) is 2.99. The quantitative estimate of drug-likeness (QED) is 0.154. The third-order valence-electron chi connectivity index (χ3n) is 4.74. The normalized spacial score (nSPS) is 13.2. The fraction of sp³-hybridized carbons (Fsp3) is 0.667. The highest BCUT2D eigenvalue weighted by atomic mass is 35.6. The molecular weight excluding hydrogens is 495 g/mol. The molecule has 0 aliphatic heterocycles. The predicted molar refractivity (Wildman–Crippen MR) is 124 cm³/mol. The number of carbonyl (C=O) groups is 1. The van der Waals surface area contributed by atoms with Crippen LogP contribution in [0.1, 0.15) is 76.7 Å². The summed E-state index contributed by atoms with van der Waals surface area (Å²) in [6.45, 7) is 2.19. The molecule has 0 heterocycles. The molecule has 0 spiro atoms. The number of amides is 1. The van der Waals surface area contributed by atoms with Crippen molar-refractivity contribution < 1.29 is 18.0 Å². The van der Waals surface area contributed by atoms with E-state index in [-0.39, 0.29) is 23.0 Å². The van der Waals surface area contributed by atoms with Crippen molar-refractivity contribution in [2.75, 3.05) is 5.32 Å². The van der Waals surface area contributed by atoms with E-state index in [1.54, 1.807) is 0 Å². The summed E-state index contributed by atoms with van der Waals surface area (Å²) in [5, 5.41) is 5.07. The molecule has 0 aromatic heterocycles. The highest BCUT2D eigenvalue weighted by Gasteiger charge is 2.35. The number of hydrogen-bond acceptors (Lipinski definition) is 2. The molecule has 1 aromatic rings. The van der Waals surface area contributed by atoms with Gasteiger partial charge in [0.2, 0.25) is 9.70 Å². The van der Waals surface area contributed by atoms with Gasteiger partial charge in [0.25, 0.3) is 0 Å². The highest BCUT2D eigenvalue weighted by molar-refractivity contribution is 6.68. The lowest BCUT2D eigenvalue weighted by molar-refractivity contribution is -0.137. The van der Waals surface area contributed by atoms with Crippen molar-refractivity contribution in [2.45, 2.75) is 87.3 Å². The molecule has 0 saturated heterocycles. The lowest BCUT2D eigenvalue weighted by atomic mass is 10.1. The molecule has 1 rings (SSSR count). The molecular formula is C21H29Cl4F3N2O. The van der Waals surface area contributed by atoms with Crippen molar-refractivity contribution in [3.8, 4) is 0 Å². The van der Waals surface area contributed by atoms with E-state index in [0.29, 0.717) is 6.42 Å². The van der Waals surface area contributed by atoms with Crippen molar-refractivity contribution in [1.29, 1.82) is 0 Å². The van der Waals surface area contributed by atoms with Gasteiger partial charge in [0, 0.05) is 6.42 Å². The number of anilines is 1. The molecule has 0 radical (unpaired) electrons. The lowest BCUT2D eigenvalue weighted by Gasteiger charge is -2.28. The van der Waals surface area contributed by atoms with Crippen molar-refractivity contribution in [2.24, 2.45) is 0 Å². The van der Waals surface area contributed by atoms with Crippen LogP contribution in [0.25, 0.3) is 0 Å². The van der Waals surface area contributed by atoms with Crippen molar-refractivity contribution in [1.82, 2.24) is 5.32 Å². The Labute approximate surface area is 202 Å². The fourth-order valence-corrected chi connectivity index (χ4v) is 3.56. The summed E-state index contributed by atoms with van der Waals surface area (Å²) < 4.78 is 36.4. The molecule has 0 aliphatic carbocycles. The number of carbonyl (C=O) groups excluding carboxylic acids is 1. The van der Waals surface area contributed by atoms with E-state index in [1.807, 2.05) is 0 Å². The Bertz CT molecular complexity index is 682. The van der Waals surface area contributed by atoms with Gasteiger partial charge in [-0.3, -0.25) is 4.79 Å². The van der Waals surface area contributed by atoms with E-state index in [9.17, 15) is 18.0 Å². The number of hydrogen-bond donors (Lipinski definition) is 2. The Morgan fingerprint density at radius 2 is 1.52 bits per heavy atom. The van der Waals surface area contributed by atoms with Crippen LogP contribution < -0.4 is 10.6 Å². The summed E-state index contributed by atoms with van der Waals surface area (Å²) in [7, 11) is 0. The summed E-state index contributed by atoms with van der Waals surface area (Å²) in [5.41, 5.74) is -0.794. The minimum atomic E-state index is -4.53. The van der Waals surface area contributed by atoms with Crippen LogP contribution in [-0.2, 0) is 11.0 Å². The van der Waals surface area contributed by atoms with Crippen LogP contribution in [0.5, 0.6) is 0 Å². The van der Waals surface area contributed by atoms with Crippen LogP contribution in [0.15, 0.2) is 18.2 Å². The van der Waals surface area contributed by atoms with E-state index in [0.717, 1.165) is 37.5 Å². The van der Waals surface area contributed by atoms with Crippen LogP contribution in [0.3, 0.4) is 0 Å². The van der Waals surface area contributed by atoms with Crippen LogP contribution >= 0.6 is 46.4 Å². The number of unbranched alkanes of at least 4 members (excludes halogenated alkanes) is 8. The van der Waals surface area contributed by atoms with E-state index in [2.05, 4.69) is 17.6 Å². The third kappa shape index (κ3) is 11.7. The van der Waals surface area contributed by atoms with Crippen molar-refractivity contribution in [3.05, 3.63) is 28.8 Å². The summed E-state index contributed by atoms with van der Waals surface area (Å²) >= 11 is 23.7. The van der Waals surface area contributed by atoms with E-state index < -0.39 is 21.7 Å². The molecule has 0 saturated carbocycles. The van der Waals surface area contributed by atoms with Gasteiger partial charge in [-0.05, 0) is 24.6 Å². The number of rotatable bonds is 13. The van der Waals surface area contributed by atoms with Gasteiger partial charge < -0.3 is 10.6 Å². The second-order valence-corrected chi connectivity index (χ2v) is 10.2. The van der Waals surface area contributed by atoms with Gasteiger partial charge in [0.15, 0.2) is 0 Å². The molecule has 10 heteroatoms. The molecule has 0 bridgehead atoms. The van der Waals surface area contributed by atoms with Gasteiger partial charge in [-0.2, -0.15) is 13.2 Å². The Kier molecular flexibility index (Phi) is 12.7. The summed E-state index contributed by atoms with van der Waals surface area (Å²) in [6, 6.07) is 2.75. The topological polar surface area (TPSA) is 41.1 Å². The van der Waals surface area contributed by atoms with Gasteiger partial charge in [0.05, 0.1) is 16.3 Å². The van der Waals surface area contributed by atoms with Gasteiger partial charge in [-0.15, -0.1) is 0 Å². The van der Waals surface area contributed by atoms with E-state index >= 15 is 0 Å². The Hall–Kier alpha value is -0.560.